The van der Waals surface area contributed by atoms with E-state index < -0.39 is 0 Å². The minimum atomic E-state index is -0.222. The third-order valence-corrected chi connectivity index (χ3v) is 4.29. The third-order valence-electron chi connectivity index (χ3n) is 4.29. The van der Waals surface area contributed by atoms with Crippen LogP contribution in [0.4, 0.5) is 4.39 Å². The number of H-pyrrole nitrogens is 1. The Balaban J connectivity index is 0.00000243. The monoisotopic (exact) mass is 466 g/mol. The van der Waals surface area contributed by atoms with Gasteiger partial charge in [0, 0.05) is 36.7 Å². The number of nitrogens with zero attached hydrogens (tertiary/aromatic N) is 1. The second kappa shape index (κ2) is 9.56. The molecule has 0 saturated carbocycles. The van der Waals surface area contributed by atoms with Crippen LogP contribution in [0.15, 0.2) is 53.5 Å². The van der Waals surface area contributed by atoms with E-state index in [2.05, 4.69) is 45.7 Å². The Hall–Kier alpha value is -2.09. The molecule has 2 aromatic carbocycles. The molecule has 3 rings (SSSR count). The van der Waals surface area contributed by atoms with Gasteiger partial charge in [0.05, 0.1) is 0 Å². The lowest BCUT2D eigenvalue weighted by Crippen LogP contribution is -2.37. The zero-order chi connectivity index (χ0) is 17.6. The number of nitrogens with one attached hydrogen (secondary N) is 3. The van der Waals surface area contributed by atoms with Gasteiger partial charge in [-0.2, -0.15) is 0 Å². The minimum Gasteiger partial charge on any atom is -0.358 e. The fourth-order valence-corrected chi connectivity index (χ4v) is 2.97. The Labute approximate surface area is 170 Å². The van der Waals surface area contributed by atoms with Crippen molar-refractivity contribution in [2.24, 2.45) is 4.99 Å². The number of fused-ring (bicyclic) bond motifs is 1. The van der Waals surface area contributed by atoms with Gasteiger partial charge in [0.2, 0.25) is 0 Å². The highest BCUT2D eigenvalue weighted by atomic mass is 127. The van der Waals surface area contributed by atoms with Crippen molar-refractivity contribution in [3.8, 4) is 0 Å². The SMILES string of the molecule is CN=C(NCCc1c(C)[nH]c2ccccc12)NCc1ccc(F)cc1.I. The zero-order valence-electron chi connectivity index (χ0n) is 15.0. The Bertz CT molecular complexity index is 871. The van der Waals surface area contributed by atoms with Crippen LogP contribution in [0.1, 0.15) is 16.8 Å². The van der Waals surface area contributed by atoms with Crippen molar-refractivity contribution in [1.29, 1.82) is 0 Å². The largest absolute Gasteiger partial charge is 0.358 e. The number of aliphatic imine (C=N–C) groups is 1. The highest BCUT2D eigenvalue weighted by Crippen LogP contribution is 2.21. The third kappa shape index (κ3) is 4.97. The van der Waals surface area contributed by atoms with E-state index in [4.69, 9.17) is 0 Å². The van der Waals surface area contributed by atoms with E-state index in [-0.39, 0.29) is 29.8 Å². The lowest BCUT2D eigenvalue weighted by atomic mass is 10.1. The number of hydrogen-bond acceptors (Lipinski definition) is 1. The topological polar surface area (TPSA) is 52.2 Å². The summed E-state index contributed by atoms with van der Waals surface area (Å²) in [4.78, 5) is 7.66. The molecule has 0 radical (unpaired) electrons. The Morgan fingerprint density at radius 3 is 2.54 bits per heavy atom. The van der Waals surface area contributed by atoms with Crippen LogP contribution in [-0.2, 0) is 13.0 Å². The molecule has 0 aliphatic carbocycles. The molecule has 0 aliphatic rings. The zero-order valence-corrected chi connectivity index (χ0v) is 17.3. The molecule has 0 spiro atoms. The van der Waals surface area contributed by atoms with Gasteiger partial charge in [0.15, 0.2) is 5.96 Å². The summed E-state index contributed by atoms with van der Waals surface area (Å²) in [6.07, 6.45) is 0.910. The summed E-state index contributed by atoms with van der Waals surface area (Å²) >= 11 is 0. The Kier molecular flexibility index (Phi) is 7.44. The van der Waals surface area contributed by atoms with Gasteiger partial charge in [-0.05, 0) is 42.7 Å². The number of para-hydroxylation sites is 1. The van der Waals surface area contributed by atoms with E-state index in [1.807, 2.05) is 6.07 Å². The van der Waals surface area contributed by atoms with Gasteiger partial charge < -0.3 is 15.6 Å². The first-order valence-electron chi connectivity index (χ1n) is 8.42. The summed E-state index contributed by atoms with van der Waals surface area (Å²) in [7, 11) is 1.75. The molecule has 3 N–H and O–H groups in total. The number of hydrogen-bond donors (Lipinski definition) is 3. The number of halogens is 2. The molecular formula is C20H24FIN4. The van der Waals surface area contributed by atoms with Gasteiger partial charge in [-0.15, -0.1) is 24.0 Å². The van der Waals surface area contributed by atoms with E-state index in [1.54, 1.807) is 19.2 Å². The van der Waals surface area contributed by atoms with Crippen molar-refractivity contribution < 1.29 is 4.39 Å². The average molecular weight is 466 g/mol. The number of guanidine groups is 1. The normalized spacial score (nSPS) is 11.3. The number of aryl methyl sites for hydroxylation is 1. The molecule has 0 unspecified atom stereocenters. The van der Waals surface area contributed by atoms with Gasteiger partial charge in [-0.25, -0.2) is 4.39 Å². The van der Waals surface area contributed by atoms with Crippen molar-refractivity contribution in [2.45, 2.75) is 19.9 Å². The van der Waals surface area contributed by atoms with Gasteiger partial charge in [-0.3, -0.25) is 4.99 Å². The highest BCUT2D eigenvalue weighted by molar-refractivity contribution is 14.0. The summed E-state index contributed by atoms with van der Waals surface area (Å²) in [6.45, 7) is 3.49. The van der Waals surface area contributed by atoms with Crippen LogP contribution < -0.4 is 10.6 Å². The predicted molar refractivity (Wildman–Crippen MR) is 117 cm³/mol. The Morgan fingerprint density at radius 1 is 1.08 bits per heavy atom. The summed E-state index contributed by atoms with van der Waals surface area (Å²) < 4.78 is 12.9. The first-order chi connectivity index (χ1) is 12.2. The maximum atomic E-state index is 12.9. The molecule has 0 saturated heterocycles. The molecule has 0 aliphatic heterocycles. The highest BCUT2D eigenvalue weighted by Gasteiger charge is 2.07. The fourth-order valence-electron chi connectivity index (χ4n) is 2.97. The van der Waals surface area contributed by atoms with Crippen LogP contribution in [0, 0.1) is 12.7 Å². The molecule has 138 valence electrons. The quantitative estimate of drug-likeness (QED) is 0.301. The van der Waals surface area contributed by atoms with Crippen LogP contribution >= 0.6 is 24.0 Å². The second-order valence-corrected chi connectivity index (χ2v) is 6.00. The number of rotatable bonds is 5. The predicted octanol–water partition coefficient (Wildman–Crippen LogP) is 4.14. The van der Waals surface area contributed by atoms with Crippen LogP contribution in [0.3, 0.4) is 0 Å². The van der Waals surface area contributed by atoms with Gasteiger partial charge >= 0.3 is 0 Å². The van der Waals surface area contributed by atoms with E-state index in [0.29, 0.717) is 6.54 Å². The van der Waals surface area contributed by atoms with E-state index >= 15 is 0 Å². The van der Waals surface area contributed by atoms with Crippen molar-refractivity contribution in [3.05, 3.63) is 71.2 Å². The molecule has 0 bridgehead atoms. The molecule has 0 atom stereocenters. The van der Waals surface area contributed by atoms with Gasteiger partial charge in [0.1, 0.15) is 5.82 Å². The standard InChI is InChI=1S/C20H23FN4.HI/c1-14-17(18-5-3-4-6-19(18)25-14)11-12-23-20(22-2)24-13-15-7-9-16(21)10-8-15;/h3-10,25H,11-13H2,1-2H3,(H2,22,23,24);1H. The molecule has 1 heterocycles. The van der Waals surface area contributed by atoms with Crippen molar-refractivity contribution >= 4 is 40.8 Å². The second-order valence-electron chi connectivity index (χ2n) is 6.00. The molecule has 6 heteroatoms. The van der Waals surface area contributed by atoms with Crippen LogP contribution in [0.5, 0.6) is 0 Å². The minimum absolute atomic E-state index is 0. The van der Waals surface area contributed by atoms with Crippen LogP contribution in [0.2, 0.25) is 0 Å². The van der Waals surface area contributed by atoms with E-state index in [1.165, 1.54) is 34.3 Å². The molecule has 0 amide bonds. The van der Waals surface area contributed by atoms with Gasteiger partial charge in [0.25, 0.3) is 0 Å². The lowest BCUT2D eigenvalue weighted by molar-refractivity contribution is 0.626. The van der Waals surface area contributed by atoms with E-state index in [9.17, 15) is 4.39 Å². The van der Waals surface area contributed by atoms with E-state index in [0.717, 1.165) is 24.5 Å². The summed E-state index contributed by atoms with van der Waals surface area (Å²) in [6, 6.07) is 14.8. The molecular weight excluding hydrogens is 442 g/mol. The first-order valence-corrected chi connectivity index (χ1v) is 8.42. The molecule has 4 nitrogen and oxygen atoms in total. The van der Waals surface area contributed by atoms with Crippen molar-refractivity contribution in [2.75, 3.05) is 13.6 Å². The number of aromatic amines is 1. The molecule has 26 heavy (non-hydrogen) atoms. The fraction of sp³-hybridized carbons (Fsp3) is 0.250. The molecule has 3 aromatic rings. The van der Waals surface area contributed by atoms with Crippen molar-refractivity contribution in [3.63, 3.8) is 0 Å². The number of aromatic nitrogens is 1. The smallest absolute Gasteiger partial charge is 0.191 e. The summed E-state index contributed by atoms with van der Waals surface area (Å²) in [5, 5.41) is 7.85. The maximum Gasteiger partial charge on any atom is 0.191 e. The number of benzene rings is 2. The average Bonchev–Trinajstić information content (AvgIpc) is 2.95. The summed E-state index contributed by atoms with van der Waals surface area (Å²) in [5.74, 6) is 0.516. The van der Waals surface area contributed by atoms with Crippen molar-refractivity contribution in [1.82, 2.24) is 15.6 Å². The summed E-state index contributed by atoms with van der Waals surface area (Å²) in [5.41, 5.74) is 4.72. The first kappa shape index (κ1) is 20.2. The molecule has 1 aromatic heterocycles. The Morgan fingerprint density at radius 2 is 1.81 bits per heavy atom. The van der Waals surface area contributed by atoms with Gasteiger partial charge in [-0.1, -0.05) is 30.3 Å². The molecule has 0 fully saturated rings. The lowest BCUT2D eigenvalue weighted by Gasteiger charge is -2.12. The maximum absolute atomic E-state index is 12.9. The van der Waals surface area contributed by atoms with Crippen LogP contribution in [0.25, 0.3) is 10.9 Å². The van der Waals surface area contributed by atoms with Crippen LogP contribution in [-0.4, -0.2) is 24.5 Å².